The van der Waals surface area contributed by atoms with Gasteiger partial charge in [0.05, 0.1) is 12.7 Å². The zero-order valence-electron chi connectivity index (χ0n) is 12.2. The highest BCUT2D eigenvalue weighted by Gasteiger charge is 2.12. The van der Waals surface area contributed by atoms with Crippen molar-refractivity contribution in [3.8, 4) is 0 Å². The van der Waals surface area contributed by atoms with Crippen molar-refractivity contribution in [1.29, 1.82) is 0 Å². The van der Waals surface area contributed by atoms with E-state index in [-0.39, 0.29) is 11.9 Å². The third-order valence-electron chi connectivity index (χ3n) is 2.85. The van der Waals surface area contributed by atoms with Gasteiger partial charge in [0.1, 0.15) is 5.82 Å². The zero-order valence-corrected chi connectivity index (χ0v) is 13.0. The van der Waals surface area contributed by atoms with Gasteiger partial charge in [-0.2, -0.15) is 0 Å². The Hall–Kier alpha value is -0.680. The summed E-state index contributed by atoms with van der Waals surface area (Å²) in [6, 6.07) is 4.25. The second-order valence-corrected chi connectivity index (χ2v) is 5.79. The molecule has 0 aliphatic carbocycles. The lowest BCUT2D eigenvalue weighted by Crippen LogP contribution is -2.32. The van der Waals surface area contributed by atoms with Crippen molar-refractivity contribution < 1.29 is 14.2 Å². The van der Waals surface area contributed by atoms with Crippen LogP contribution in [0.2, 0.25) is 5.02 Å². The summed E-state index contributed by atoms with van der Waals surface area (Å²) in [5.41, 5.74) is 0.809. The van der Waals surface area contributed by atoms with Crippen LogP contribution in [0, 0.1) is 11.7 Å². The first-order valence-electron chi connectivity index (χ1n) is 6.84. The van der Waals surface area contributed by atoms with Gasteiger partial charge in [-0.05, 0) is 30.5 Å². The average Bonchev–Trinajstić information content (AvgIpc) is 2.35. The van der Waals surface area contributed by atoms with Crippen LogP contribution in [-0.4, -0.2) is 31.0 Å². The molecule has 0 bridgehead atoms. The van der Waals surface area contributed by atoms with Crippen molar-refractivity contribution in [3.05, 3.63) is 34.6 Å². The van der Waals surface area contributed by atoms with Gasteiger partial charge in [0, 0.05) is 24.2 Å². The molecule has 0 spiro atoms. The summed E-state index contributed by atoms with van der Waals surface area (Å²) in [6.07, 6.45) is -0.574. The summed E-state index contributed by atoms with van der Waals surface area (Å²) in [7, 11) is 0. The summed E-state index contributed by atoms with van der Waals surface area (Å²) >= 11 is 5.99. The SMILES string of the molecule is CC(C)COCC(O)CNC(C)c1ccc(F)cc1Cl. The van der Waals surface area contributed by atoms with E-state index in [9.17, 15) is 9.50 Å². The summed E-state index contributed by atoms with van der Waals surface area (Å²) in [4.78, 5) is 0. The second-order valence-electron chi connectivity index (χ2n) is 5.38. The van der Waals surface area contributed by atoms with E-state index in [4.69, 9.17) is 16.3 Å². The molecule has 0 fully saturated rings. The smallest absolute Gasteiger partial charge is 0.124 e. The van der Waals surface area contributed by atoms with E-state index in [2.05, 4.69) is 19.2 Å². The van der Waals surface area contributed by atoms with Gasteiger partial charge in [-0.3, -0.25) is 0 Å². The highest BCUT2D eigenvalue weighted by atomic mass is 35.5. The largest absolute Gasteiger partial charge is 0.389 e. The number of rotatable bonds is 8. The molecule has 2 N–H and O–H groups in total. The minimum absolute atomic E-state index is 0.0668. The molecule has 3 nitrogen and oxygen atoms in total. The number of hydrogen-bond acceptors (Lipinski definition) is 3. The molecular formula is C15H23ClFNO2. The predicted molar refractivity (Wildman–Crippen MR) is 79.5 cm³/mol. The van der Waals surface area contributed by atoms with Crippen LogP contribution in [-0.2, 0) is 4.74 Å². The van der Waals surface area contributed by atoms with Crippen molar-refractivity contribution in [3.63, 3.8) is 0 Å². The van der Waals surface area contributed by atoms with Gasteiger partial charge >= 0.3 is 0 Å². The lowest BCUT2D eigenvalue weighted by atomic mass is 10.1. The van der Waals surface area contributed by atoms with Crippen molar-refractivity contribution in [2.24, 2.45) is 5.92 Å². The predicted octanol–water partition coefficient (Wildman–Crippen LogP) is 3.16. The van der Waals surface area contributed by atoms with Crippen LogP contribution in [0.4, 0.5) is 4.39 Å². The topological polar surface area (TPSA) is 41.5 Å². The lowest BCUT2D eigenvalue weighted by Gasteiger charge is -2.19. The fourth-order valence-electron chi connectivity index (χ4n) is 1.77. The van der Waals surface area contributed by atoms with E-state index < -0.39 is 6.10 Å². The Kier molecular flexibility index (Phi) is 7.45. The minimum Gasteiger partial charge on any atom is -0.389 e. The molecule has 1 aromatic rings. The maximum absolute atomic E-state index is 13.0. The Morgan fingerprint density at radius 3 is 2.60 bits per heavy atom. The van der Waals surface area contributed by atoms with Crippen LogP contribution in [0.3, 0.4) is 0 Å². The molecule has 0 aromatic heterocycles. The third kappa shape index (κ3) is 6.18. The molecular weight excluding hydrogens is 281 g/mol. The monoisotopic (exact) mass is 303 g/mol. The van der Waals surface area contributed by atoms with Gasteiger partial charge in [-0.15, -0.1) is 0 Å². The summed E-state index contributed by atoms with van der Waals surface area (Å²) in [6.45, 7) is 7.37. The molecule has 0 radical (unpaired) electrons. The minimum atomic E-state index is -0.574. The Morgan fingerprint density at radius 1 is 1.30 bits per heavy atom. The van der Waals surface area contributed by atoms with Gasteiger partial charge in [-0.25, -0.2) is 4.39 Å². The molecule has 5 heteroatoms. The molecule has 1 rings (SSSR count). The maximum atomic E-state index is 13.0. The van der Waals surface area contributed by atoms with E-state index in [1.165, 1.54) is 12.1 Å². The molecule has 20 heavy (non-hydrogen) atoms. The van der Waals surface area contributed by atoms with E-state index in [1.807, 2.05) is 6.92 Å². The number of hydrogen-bond donors (Lipinski definition) is 2. The molecule has 0 saturated carbocycles. The highest BCUT2D eigenvalue weighted by Crippen LogP contribution is 2.23. The van der Waals surface area contributed by atoms with Crippen LogP contribution in [0.1, 0.15) is 32.4 Å². The number of halogens is 2. The molecule has 0 aliphatic heterocycles. The molecule has 2 atom stereocenters. The van der Waals surface area contributed by atoms with Crippen LogP contribution in [0.25, 0.3) is 0 Å². The van der Waals surface area contributed by atoms with Gasteiger partial charge < -0.3 is 15.2 Å². The number of benzene rings is 1. The fraction of sp³-hybridized carbons (Fsp3) is 0.600. The van der Waals surface area contributed by atoms with E-state index in [0.29, 0.717) is 30.7 Å². The standard InChI is InChI=1S/C15H23ClFNO2/c1-10(2)8-20-9-13(19)7-18-11(3)14-5-4-12(17)6-15(14)16/h4-6,10-11,13,18-19H,7-9H2,1-3H3. The molecule has 1 aromatic carbocycles. The first-order chi connectivity index (χ1) is 9.40. The van der Waals surface area contributed by atoms with Gasteiger partial charge in [-0.1, -0.05) is 31.5 Å². The number of aliphatic hydroxyl groups is 1. The van der Waals surface area contributed by atoms with Crippen LogP contribution < -0.4 is 5.32 Å². The van der Waals surface area contributed by atoms with Crippen LogP contribution in [0.15, 0.2) is 18.2 Å². The summed E-state index contributed by atoms with van der Waals surface area (Å²) < 4.78 is 18.3. The van der Waals surface area contributed by atoms with Gasteiger partial charge in [0.15, 0.2) is 0 Å². The first-order valence-corrected chi connectivity index (χ1v) is 7.22. The Morgan fingerprint density at radius 2 is 2.00 bits per heavy atom. The Labute approximate surface area is 125 Å². The van der Waals surface area contributed by atoms with Crippen LogP contribution in [0.5, 0.6) is 0 Å². The highest BCUT2D eigenvalue weighted by molar-refractivity contribution is 6.31. The maximum Gasteiger partial charge on any atom is 0.124 e. The summed E-state index contributed by atoms with van der Waals surface area (Å²) in [5.74, 6) is 0.0974. The van der Waals surface area contributed by atoms with Crippen molar-refractivity contribution >= 4 is 11.6 Å². The average molecular weight is 304 g/mol. The number of aliphatic hydroxyl groups excluding tert-OH is 1. The quantitative estimate of drug-likeness (QED) is 0.775. The molecule has 0 heterocycles. The fourth-order valence-corrected chi connectivity index (χ4v) is 2.11. The zero-order chi connectivity index (χ0) is 15.1. The lowest BCUT2D eigenvalue weighted by molar-refractivity contribution is 0.0252. The molecule has 2 unspecified atom stereocenters. The van der Waals surface area contributed by atoms with E-state index in [0.717, 1.165) is 5.56 Å². The normalized spacial score (nSPS) is 14.6. The summed E-state index contributed by atoms with van der Waals surface area (Å²) in [5, 5.41) is 13.3. The third-order valence-corrected chi connectivity index (χ3v) is 3.18. The van der Waals surface area contributed by atoms with E-state index in [1.54, 1.807) is 6.07 Å². The molecule has 0 amide bonds. The van der Waals surface area contributed by atoms with Crippen molar-refractivity contribution in [2.75, 3.05) is 19.8 Å². The van der Waals surface area contributed by atoms with Gasteiger partial charge in [0.2, 0.25) is 0 Å². The van der Waals surface area contributed by atoms with Crippen molar-refractivity contribution in [1.82, 2.24) is 5.32 Å². The van der Waals surface area contributed by atoms with Gasteiger partial charge in [0.25, 0.3) is 0 Å². The first kappa shape index (κ1) is 17.4. The molecule has 114 valence electrons. The second kappa shape index (κ2) is 8.57. The Balaban J connectivity index is 2.37. The molecule has 0 aliphatic rings. The Bertz CT molecular complexity index is 415. The van der Waals surface area contributed by atoms with Crippen LogP contribution >= 0.6 is 11.6 Å². The molecule has 0 saturated heterocycles. The number of nitrogens with one attached hydrogen (secondary N) is 1. The van der Waals surface area contributed by atoms with Crippen molar-refractivity contribution in [2.45, 2.75) is 32.9 Å². The van der Waals surface area contributed by atoms with E-state index >= 15 is 0 Å². The number of ether oxygens (including phenoxy) is 1.